The summed E-state index contributed by atoms with van der Waals surface area (Å²) in [6.45, 7) is 3.96. The number of rotatable bonds is 7. The molecule has 1 aromatic heterocycles. The molecule has 40 heavy (non-hydrogen) atoms. The highest BCUT2D eigenvalue weighted by Crippen LogP contribution is 2.34. The van der Waals surface area contributed by atoms with Gasteiger partial charge in [0.25, 0.3) is 5.56 Å². The predicted molar refractivity (Wildman–Crippen MR) is 159 cm³/mol. The number of hydrogen-bond donors (Lipinski definition) is 0. The van der Waals surface area contributed by atoms with E-state index in [-0.39, 0.29) is 24.3 Å². The summed E-state index contributed by atoms with van der Waals surface area (Å²) in [5.74, 6) is 0.122. The zero-order valence-electron chi connectivity index (χ0n) is 21.5. The molecule has 1 unspecified atom stereocenters. The minimum atomic E-state index is -0.762. The number of nitrogens with zero attached hydrogens (tertiary/aromatic N) is 2. The van der Waals surface area contributed by atoms with Crippen molar-refractivity contribution in [1.29, 1.82) is 0 Å². The monoisotopic (exact) mass is 612 g/mol. The van der Waals surface area contributed by atoms with Gasteiger partial charge in [-0.25, -0.2) is 9.79 Å². The largest absolute Gasteiger partial charge is 0.489 e. The molecular weight excluding hydrogens is 591 g/mol. The molecular formula is C30H23Cl3N2O4S. The molecule has 0 amide bonds. The number of ether oxygens (including phenoxy) is 2. The van der Waals surface area contributed by atoms with E-state index in [0.29, 0.717) is 41.4 Å². The lowest BCUT2D eigenvalue weighted by molar-refractivity contribution is -0.139. The molecule has 0 saturated heterocycles. The number of benzene rings is 3. The van der Waals surface area contributed by atoms with Crippen LogP contribution >= 0.6 is 46.1 Å². The normalized spacial score (nSPS) is 15.0. The number of esters is 1. The highest BCUT2D eigenvalue weighted by atomic mass is 35.5. The smallest absolute Gasteiger partial charge is 0.338 e. The van der Waals surface area contributed by atoms with Crippen LogP contribution in [0.4, 0.5) is 0 Å². The highest BCUT2D eigenvalue weighted by Gasteiger charge is 2.34. The van der Waals surface area contributed by atoms with E-state index < -0.39 is 12.0 Å². The fourth-order valence-corrected chi connectivity index (χ4v) is 6.14. The zero-order valence-corrected chi connectivity index (χ0v) is 24.6. The quantitative estimate of drug-likeness (QED) is 0.228. The Bertz CT molecular complexity index is 1810. The molecule has 10 heteroatoms. The van der Waals surface area contributed by atoms with Gasteiger partial charge in [0.05, 0.1) is 22.4 Å². The van der Waals surface area contributed by atoms with Crippen LogP contribution in [-0.4, -0.2) is 17.1 Å². The minimum Gasteiger partial charge on any atom is -0.489 e. The lowest BCUT2D eigenvalue weighted by Crippen LogP contribution is -2.40. The number of hydrogen-bond acceptors (Lipinski definition) is 6. The topological polar surface area (TPSA) is 69.9 Å². The van der Waals surface area contributed by atoms with E-state index in [2.05, 4.69) is 4.99 Å². The molecule has 0 N–H and O–H groups in total. The second kappa shape index (κ2) is 12.0. The number of thiazole rings is 1. The van der Waals surface area contributed by atoms with Crippen LogP contribution in [0.2, 0.25) is 15.1 Å². The molecule has 1 atom stereocenters. The summed E-state index contributed by atoms with van der Waals surface area (Å²) in [6.07, 6.45) is 1.79. The summed E-state index contributed by atoms with van der Waals surface area (Å²) in [6, 6.07) is 19.0. The van der Waals surface area contributed by atoms with E-state index in [1.807, 2.05) is 36.4 Å². The average Bonchev–Trinajstić information content (AvgIpc) is 3.22. The van der Waals surface area contributed by atoms with Crippen molar-refractivity contribution in [1.82, 2.24) is 4.57 Å². The average molecular weight is 614 g/mol. The van der Waals surface area contributed by atoms with Crippen molar-refractivity contribution >= 4 is 58.2 Å². The van der Waals surface area contributed by atoms with Gasteiger partial charge in [0.2, 0.25) is 0 Å². The predicted octanol–water partition coefficient (Wildman–Crippen LogP) is 6.34. The standard InChI is InChI=1S/C30H23Cl3N2O4S/c1-3-38-29(37)26-17(2)34-30-35(27(26)22-6-4-5-7-23(22)32)28(36)25(40-30)14-18-8-12-21(13-9-18)39-16-19-10-11-20(31)15-24(19)33/h4-15,27H,3,16H2,1-2H3/b25-14-. The molecule has 0 spiro atoms. The summed E-state index contributed by atoms with van der Waals surface area (Å²) in [5, 5.41) is 1.54. The summed E-state index contributed by atoms with van der Waals surface area (Å²) >= 11 is 20.0. The number of carbonyl (C=O) groups is 1. The Morgan fingerprint density at radius 2 is 1.80 bits per heavy atom. The Labute approximate surface area is 249 Å². The van der Waals surface area contributed by atoms with E-state index in [9.17, 15) is 9.59 Å². The van der Waals surface area contributed by atoms with Crippen LogP contribution in [0.15, 0.2) is 87.8 Å². The number of fused-ring (bicyclic) bond motifs is 1. The molecule has 0 aliphatic carbocycles. The van der Waals surface area contributed by atoms with Crippen LogP contribution in [0, 0.1) is 0 Å². The van der Waals surface area contributed by atoms with Gasteiger partial charge in [-0.1, -0.05) is 82.5 Å². The van der Waals surface area contributed by atoms with E-state index in [0.717, 1.165) is 11.1 Å². The second-order valence-corrected chi connectivity index (χ2v) is 11.2. The molecule has 0 radical (unpaired) electrons. The first kappa shape index (κ1) is 28.2. The lowest BCUT2D eigenvalue weighted by Gasteiger charge is -2.25. The van der Waals surface area contributed by atoms with Crippen molar-refractivity contribution in [2.45, 2.75) is 26.5 Å². The Kier molecular flexibility index (Phi) is 8.47. The molecule has 0 saturated carbocycles. The van der Waals surface area contributed by atoms with E-state index in [1.165, 1.54) is 15.9 Å². The zero-order chi connectivity index (χ0) is 28.4. The molecule has 4 aromatic rings. The molecule has 5 rings (SSSR count). The van der Waals surface area contributed by atoms with E-state index in [4.69, 9.17) is 44.3 Å². The fraction of sp³-hybridized carbons (Fsp3) is 0.167. The van der Waals surface area contributed by atoms with Crippen LogP contribution in [0.3, 0.4) is 0 Å². The van der Waals surface area contributed by atoms with Gasteiger partial charge >= 0.3 is 5.97 Å². The minimum absolute atomic E-state index is 0.196. The first-order valence-corrected chi connectivity index (χ1v) is 14.3. The number of allylic oxidation sites excluding steroid dienone is 1. The van der Waals surface area contributed by atoms with Crippen LogP contribution in [-0.2, 0) is 16.1 Å². The molecule has 1 aliphatic rings. The van der Waals surface area contributed by atoms with Crippen LogP contribution in [0.25, 0.3) is 6.08 Å². The van der Waals surface area contributed by atoms with Gasteiger partial charge in [-0.3, -0.25) is 9.36 Å². The Morgan fingerprint density at radius 3 is 2.50 bits per heavy atom. The van der Waals surface area contributed by atoms with Gasteiger partial charge in [0.15, 0.2) is 4.80 Å². The molecule has 3 aromatic carbocycles. The van der Waals surface area contributed by atoms with Crippen molar-refractivity contribution in [2.24, 2.45) is 4.99 Å². The van der Waals surface area contributed by atoms with Crippen molar-refractivity contribution in [3.05, 3.63) is 129 Å². The lowest BCUT2D eigenvalue weighted by atomic mass is 9.96. The van der Waals surface area contributed by atoms with Gasteiger partial charge in [-0.05, 0) is 61.4 Å². The van der Waals surface area contributed by atoms with Gasteiger partial charge in [-0.15, -0.1) is 0 Å². The summed E-state index contributed by atoms with van der Waals surface area (Å²) < 4.78 is 13.2. The van der Waals surface area contributed by atoms with Crippen LogP contribution in [0.1, 0.15) is 36.6 Å². The number of halogens is 3. The van der Waals surface area contributed by atoms with Crippen molar-refractivity contribution in [3.63, 3.8) is 0 Å². The maximum atomic E-state index is 13.7. The third-order valence-corrected chi connectivity index (χ3v) is 8.22. The summed E-state index contributed by atoms with van der Waals surface area (Å²) in [5.41, 5.74) is 2.74. The van der Waals surface area contributed by atoms with Gasteiger partial charge in [0, 0.05) is 20.6 Å². The first-order valence-electron chi connectivity index (χ1n) is 12.4. The molecule has 2 heterocycles. The Hall–Kier alpha value is -3.36. The highest BCUT2D eigenvalue weighted by molar-refractivity contribution is 7.07. The number of aromatic nitrogens is 1. The van der Waals surface area contributed by atoms with E-state index in [1.54, 1.807) is 50.3 Å². The maximum absolute atomic E-state index is 13.7. The Morgan fingerprint density at radius 1 is 1.05 bits per heavy atom. The third kappa shape index (κ3) is 5.74. The molecule has 0 fully saturated rings. The van der Waals surface area contributed by atoms with Gasteiger partial charge in [-0.2, -0.15) is 0 Å². The Balaban J connectivity index is 1.49. The molecule has 0 bridgehead atoms. The maximum Gasteiger partial charge on any atom is 0.338 e. The fourth-order valence-electron chi connectivity index (χ4n) is 4.39. The first-order chi connectivity index (χ1) is 19.3. The van der Waals surface area contributed by atoms with Gasteiger partial charge in [0.1, 0.15) is 18.4 Å². The second-order valence-electron chi connectivity index (χ2n) is 8.92. The third-order valence-electron chi connectivity index (χ3n) is 6.30. The number of carbonyl (C=O) groups excluding carboxylic acids is 1. The van der Waals surface area contributed by atoms with E-state index >= 15 is 0 Å². The summed E-state index contributed by atoms with van der Waals surface area (Å²) in [7, 11) is 0. The molecule has 1 aliphatic heterocycles. The van der Waals surface area contributed by atoms with Crippen LogP contribution in [0.5, 0.6) is 5.75 Å². The SMILES string of the molecule is CCOC(=O)C1=C(C)N=c2s/c(=C\c3ccc(OCc4ccc(Cl)cc4Cl)cc3)c(=O)n2C1c1ccccc1Cl. The van der Waals surface area contributed by atoms with Crippen LogP contribution < -0.4 is 19.6 Å². The summed E-state index contributed by atoms with van der Waals surface area (Å²) in [4.78, 5) is 31.8. The van der Waals surface area contributed by atoms with Crippen molar-refractivity contribution < 1.29 is 14.3 Å². The molecule has 204 valence electrons. The van der Waals surface area contributed by atoms with Crippen molar-refractivity contribution in [2.75, 3.05) is 6.61 Å². The van der Waals surface area contributed by atoms with Crippen molar-refractivity contribution in [3.8, 4) is 5.75 Å². The van der Waals surface area contributed by atoms with Gasteiger partial charge < -0.3 is 9.47 Å². The molecule has 6 nitrogen and oxygen atoms in total.